The van der Waals surface area contributed by atoms with Crippen LogP contribution in [-0.4, -0.2) is 41.9 Å². The zero-order valence-electron chi connectivity index (χ0n) is 24.9. The fourth-order valence-corrected chi connectivity index (χ4v) is 4.95. The second kappa shape index (κ2) is 14.2. The lowest BCUT2D eigenvalue weighted by molar-refractivity contribution is -0.120. The molecule has 0 radical (unpaired) electrons. The monoisotopic (exact) mass is 618 g/mol. The number of anilines is 3. The first-order valence-electron chi connectivity index (χ1n) is 14.1. The summed E-state index contributed by atoms with van der Waals surface area (Å²) in [6.45, 7) is 6.05. The molecule has 3 heterocycles. The summed E-state index contributed by atoms with van der Waals surface area (Å²) in [5.41, 5.74) is 5.33. The smallest absolute Gasteiger partial charge is 0.327 e. The van der Waals surface area contributed by atoms with Gasteiger partial charge in [-0.3, -0.25) is 15.4 Å². The van der Waals surface area contributed by atoms with Crippen LogP contribution in [0.15, 0.2) is 84.3 Å². The van der Waals surface area contributed by atoms with Gasteiger partial charge in [-0.25, -0.2) is 24.4 Å². The number of rotatable bonds is 10. The Morgan fingerprint density at radius 1 is 1.02 bits per heavy atom. The van der Waals surface area contributed by atoms with Crippen LogP contribution in [0.25, 0.3) is 11.3 Å². The van der Waals surface area contributed by atoms with Crippen LogP contribution < -0.4 is 16.0 Å². The van der Waals surface area contributed by atoms with E-state index in [1.54, 1.807) is 24.4 Å². The first-order chi connectivity index (χ1) is 21.8. The first kappa shape index (κ1) is 30.8. The molecule has 3 amide bonds. The zero-order valence-corrected chi connectivity index (χ0v) is 25.7. The maximum atomic E-state index is 12.4. The van der Waals surface area contributed by atoms with E-state index < -0.39 is 11.9 Å². The first-order valence-corrected chi connectivity index (χ1v) is 15.1. The second-order valence-corrected chi connectivity index (χ2v) is 11.3. The number of carbonyl (C=O) groups excluding carboxylic acids is 2. The van der Waals surface area contributed by atoms with E-state index >= 15 is 0 Å². The Labute approximate surface area is 264 Å². The second-order valence-electron chi connectivity index (χ2n) is 10.4. The van der Waals surface area contributed by atoms with Gasteiger partial charge in [0.15, 0.2) is 11.0 Å². The molecule has 0 atom stereocenters. The van der Waals surface area contributed by atoms with Crippen molar-refractivity contribution in [1.82, 2.24) is 35.3 Å². The number of thioether (sulfide) groups is 1. The summed E-state index contributed by atoms with van der Waals surface area (Å²) in [6.07, 6.45) is 3.14. The summed E-state index contributed by atoms with van der Waals surface area (Å²) < 4.78 is 1.34. The quantitative estimate of drug-likeness (QED) is 0.128. The summed E-state index contributed by atoms with van der Waals surface area (Å²) in [6, 6.07) is 22.5. The number of imide groups is 1. The van der Waals surface area contributed by atoms with Gasteiger partial charge in [-0.1, -0.05) is 78.9 Å². The molecule has 0 saturated heterocycles. The normalized spacial score (nSPS) is 10.7. The van der Waals surface area contributed by atoms with Crippen molar-refractivity contribution in [3.05, 3.63) is 102 Å². The maximum absolute atomic E-state index is 12.4. The van der Waals surface area contributed by atoms with Crippen molar-refractivity contribution in [3.8, 4) is 17.3 Å². The van der Waals surface area contributed by atoms with Crippen LogP contribution in [0.5, 0.6) is 0 Å². The van der Waals surface area contributed by atoms with E-state index in [1.807, 2.05) is 55.5 Å². The number of pyridine rings is 1. The molecule has 0 spiro atoms. The lowest BCUT2D eigenvalue weighted by Gasteiger charge is -2.13. The molecule has 5 rings (SSSR count). The maximum Gasteiger partial charge on any atom is 0.327 e. The molecule has 3 aromatic heterocycles. The summed E-state index contributed by atoms with van der Waals surface area (Å²) in [7, 11) is 0. The Morgan fingerprint density at radius 3 is 2.49 bits per heavy atom. The highest BCUT2D eigenvalue weighted by Gasteiger charge is 2.18. The average Bonchev–Trinajstić information content (AvgIpc) is 3.48. The summed E-state index contributed by atoms with van der Waals surface area (Å²) in [5.74, 6) is 0.867. The molecular formula is C32H30N10O2S. The van der Waals surface area contributed by atoms with E-state index in [4.69, 9.17) is 4.98 Å². The van der Waals surface area contributed by atoms with Gasteiger partial charge in [0.25, 0.3) is 0 Å². The molecule has 5 aromatic rings. The minimum absolute atomic E-state index is 0.207. The largest absolute Gasteiger partial charge is 0.339 e. The highest BCUT2D eigenvalue weighted by atomic mass is 32.2. The van der Waals surface area contributed by atoms with Gasteiger partial charge in [0.2, 0.25) is 5.91 Å². The van der Waals surface area contributed by atoms with Crippen molar-refractivity contribution in [2.24, 2.45) is 0 Å². The van der Waals surface area contributed by atoms with Crippen LogP contribution in [0.2, 0.25) is 0 Å². The van der Waals surface area contributed by atoms with Gasteiger partial charge < -0.3 is 5.32 Å². The van der Waals surface area contributed by atoms with E-state index in [0.717, 1.165) is 16.8 Å². The number of hydrogen-bond donors (Lipinski definition) is 3. The number of nitrogens with zero attached hydrogens (tertiary/aromatic N) is 7. The van der Waals surface area contributed by atoms with Crippen LogP contribution in [-0.2, 0) is 17.1 Å². The van der Waals surface area contributed by atoms with E-state index in [1.165, 1.54) is 28.2 Å². The van der Waals surface area contributed by atoms with Crippen LogP contribution in [0.4, 0.5) is 22.1 Å². The third-order valence-corrected chi connectivity index (χ3v) is 7.45. The van der Waals surface area contributed by atoms with E-state index in [-0.39, 0.29) is 6.54 Å². The number of urea groups is 1. The van der Waals surface area contributed by atoms with E-state index in [2.05, 4.69) is 56.1 Å². The van der Waals surface area contributed by atoms with Gasteiger partial charge in [0.05, 0.1) is 11.4 Å². The van der Waals surface area contributed by atoms with Crippen LogP contribution in [0.3, 0.4) is 0 Å². The highest BCUT2D eigenvalue weighted by molar-refractivity contribution is 7.98. The van der Waals surface area contributed by atoms with Crippen molar-refractivity contribution in [2.45, 2.75) is 44.1 Å². The molecule has 12 nitrogen and oxygen atoms in total. The van der Waals surface area contributed by atoms with Gasteiger partial charge in [0, 0.05) is 29.4 Å². The lowest BCUT2D eigenvalue weighted by atomic mass is 9.99. The molecule has 0 bridgehead atoms. The topological polar surface area (TPSA) is 163 Å². The molecule has 0 aliphatic heterocycles. The Morgan fingerprint density at radius 2 is 1.80 bits per heavy atom. The van der Waals surface area contributed by atoms with Crippen molar-refractivity contribution in [1.29, 1.82) is 5.26 Å². The molecule has 0 fully saturated rings. The summed E-state index contributed by atoms with van der Waals surface area (Å²) >= 11 is 1.32. The van der Waals surface area contributed by atoms with Crippen LogP contribution in [0, 0.1) is 18.3 Å². The van der Waals surface area contributed by atoms with Crippen LogP contribution >= 0.6 is 11.8 Å². The zero-order chi connectivity index (χ0) is 31.8. The van der Waals surface area contributed by atoms with Crippen molar-refractivity contribution < 1.29 is 9.59 Å². The van der Waals surface area contributed by atoms with Gasteiger partial charge in [-0.15, -0.1) is 5.10 Å². The Balaban J connectivity index is 1.31. The van der Waals surface area contributed by atoms with Crippen molar-refractivity contribution in [3.63, 3.8) is 0 Å². The number of aryl methyl sites for hydroxylation is 1. The molecule has 13 heteroatoms. The molecule has 226 valence electrons. The Hall–Kier alpha value is -5.61. The molecule has 45 heavy (non-hydrogen) atoms. The van der Waals surface area contributed by atoms with Gasteiger partial charge in [0.1, 0.15) is 24.0 Å². The number of amides is 3. The predicted molar refractivity (Wildman–Crippen MR) is 172 cm³/mol. The summed E-state index contributed by atoms with van der Waals surface area (Å²) in [4.78, 5) is 37.9. The van der Waals surface area contributed by atoms with Gasteiger partial charge in [-0.05, 0) is 42.7 Å². The average molecular weight is 619 g/mol. The van der Waals surface area contributed by atoms with E-state index in [9.17, 15) is 14.9 Å². The third kappa shape index (κ3) is 8.27. The van der Waals surface area contributed by atoms with Crippen molar-refractivity contribution >= 4 is 41.0 Å². The minimum atomic E-state index is -0.697. The fourth-order valence-electron chi connectivity index (χ4n) is 4.23. The molecule has 2 aromatic carbocycles. The van der Waals surface area contributed by atoms with E-state index in [0.29, 0.717) is 45.4 Å². The third-order valence-electron chi connectivity index (χ3n) is 6.57. The molecule has 3 N–H and O–H groups in total. The van der Waals surface area contributed by atoms with Crippen LogP contribution in [0.1, 0.15) is 42.1 Å². The number of nitrogens with one attached hydrogen (secondary N) is 3. The van der Waals surface area contributed by atoms with Gasteiger partial charge in [-0.2, -0.15) is 5.26 Å². The minimum Gasteiger partial charge on any atom is -0.339 e. The number of benzene rings is 2. The molecular weight excluding hydrogens is 588 g/mol. The number of nitriles is 1. The van der Waals surface area contributed by atoms with Crippen molar-refractivity contribution in [2.75, 3.05) is 10.6 Å². The Kier molecular flexibility index (Phi) is 9.76. The molecule has 0 unspecified atom stereocenters. The highest BCUT2D eigenvalue weighted by Crippen LogP contribution is 2.32. The SMILES string of the molecule is Cc1ccc(Nc2nc(SCc3cn(CC(=O)NC(=O)Nc4ccccn4)nn3)nc(-c3ccc(C(C)C)cc3)c2C#N)cc1. The predicted octanol–water partition coefficient (Wildman–Crippen LogP) is 5.82. The summed E-state index contributed by atoms with van der Waals surface area (Å²) in [5, 5.41) is 26.8. The standard InChI is InChI=1S/C32H30N10O2S/c1-20(2)22-9-11-23(12-10-22)29-26(16-33)30(35-24-13-7-21(3)8-14-24)39-32(38-29)45-19-25-17-42(41-40-25)18-28(43)37-31(44)36-27-6-4-5-15-34-27/h4-15,17,20H,18-19H2,1-3H3,(H,35,38,39)(H2,34,36,37,43,44). The Bertz CT molecular complexity index is 1830. The molecule has 0 aliphatic rings. The number of hydrogen-bond acceptors (Lipinski definition) is 10. The fraction of sp³-hybridized carbons (Fsp3) is 0.188. The van der Waals surface area contributed by atoms with Gasteiger partial charge >= 0.3 is 6.03 Å². The number of carbonyl (C=O) groups is 2. The molecule has 0 saturated carbocycles. The number of aromatic nitrogens is 6. The lowest BCUT2D eigenvalue weighted by Crippen LogP contribution is -2.36. The molecule has 0 aliphatic carbocycles.